The molecule has 0 saturated heterocycles. The maximum atomic E-state index is 13.6. The fraction of sp³-hybridized carbons (Fsp3) is 0.556. The van der Waals surface area contributed by atoms with E-state index in [4.69, 9.17) is 0 Å². The molecule has 8 heteroatoms. The van der Waals surface area contributed by atoms with Gasteiger partial charge < -0.3 is 10.6 Å². The molecule has 144 valence electrons. The highest BCUT2D eigenvalue weighted by molar-refractivity contribution is 5.92. The van der Waals surface area contributed by atoms with Gasteiger partial charge in [0.25, 0.3) is 0 Å². The van der Waals surface area contributed by atoms with Crippen LogP contribution in [0, 0.1) is 23.4 Å². The van der Waals surface area contributed by atoms with Crippen LogP contribution in [-0.2, 0) is 9.59 Å². The topological polar surface area (TPSA) is 61.4 Å². The Hall–Kier alpha value is -2.09. The predicted octanol–water partition coefficient (Wildman–Crippen LogP) is 2.67. The molecule has 0 aliphatic heterocycles. The van der Waals surface area contributed by atoms with E-state index < -0.39 is 29.0 Å². The van der Waals surface area contributed by atoms with Crippen molar-refractivity contribution in [3.8, 4) is 0 Å². The van der Waals surface area contributed by atoms with Crippen LogP contribution < -0.4 is 10.6 Å². The molecule has 1 aliphatic carbocycles. The van der Waals surface area contributed by atoms with Crippen molar-refractivity contribution in [2.45, 2.75) is 38.6 Å². The Morgan fingerprint density at radius 2 is 1.73 bits per heavy atom. The maximum absolute atomic E-state index is 13.6. The summed E-state index contributed by atoms with van der Waals surface area (Å²) in [5, 5.41) is 5.16. The molecule has 0 aromatic heterocycles. The van der Waals surface area contributed by atoms with Crippen LogP contribution in [0.2, 0.25) is 0 Å². The summed E-state index contributed by atoms with van der Waals surface area (Å²) in [5.41, 5.74) is -0.442. The minimum Gasteiger partial charge on any atom is -0.352 e. The molecule has 1 aliphatic rings. The molecule has 0 radical (unpaired) electrons. The molecule has 2 N–H and O–H groups in total. The highest BCUT2D eigenvalue weighted by Gasteiger charge is 2.23. The first kappa shape index (κ1) is 20.2. The van der Waals surface area contributed by atoms with E-state index in [2.05, 4.69) is 17.6 Å². The summed E-state index contributed by atoms with van der Waals surface area (Å²) in [4.78, 5) is 25.5. The van der Waals surface area contributed by atoms with Crippen LogP contribution in [0.3, 0.4) is 0 Å². The molecular weight excluding hydrogens is 347 g/mol. The molecule has 5 nitrogen and oxygen atoms in total. The predicted molar refractivity (Wildman–Crippen MR) is 92.0 cm³/mol. The fourth-order valence-corrected chi connectivity index (χ4v) is 3.14. The van der Waals surface area contributed by atoms with Crippen molar-refractivity contribution in [3.63, 3.8) is 0 Å². The zero-order valence-electron chi connectivity index (χ0n) is 14.9. The van der Waals surface area contributed by atoms with Gasteiger partial charge in [-0.1, -0.05) is 19.8 Å². The number of likely N-dealkylation sites (N-methyl/N-ethyl adjacent to an activating group) is 1. The van der Waals surface area contributed by atoms with Crippen LogP contribution in [0.4, 0.5) is 18.9 Å². The number of carbonyl (C=O) groups is 2. The molecule has 1 saturated carbocycles. The van der Waals surface area contributed by atoms with Crippen molar-refractivity contribution in [2.75, 3.05) is 25.5 Å². The van der Waals surface area contributed by atoms with E-state index >= 15 is 0 Å². The Morgan fingerprint density at radius 3 is 2.42 bits per heavy atom. The lowest BCUT2D eigenvalue weighted by Gasteiger charge is -2.30. The molecule has 0 heterocycles. The Labute approximate surface area is 150 Å². The van der Waals surface area contributed by atoms with Gasteiger partial charge in [0.15, 0.2) is 17.5 Å². The van der Waals surface area contributed by atoms with Crippen molar-refractivity contribution in [2.24, 2.45) is 5.92 Å². The first-order valence-corrected chi connectivity index (χ1v) is 8.69. The van der Waals surface area contributed by atoms with Crippen molar-refractivity contribution in [1.82, 2.24) is 10.2 Å². The molecule has 1 aromatic carbocycles. The Bertz CT molecular complexity index is 669. The summed E-state index contributed by atoms with van der Waals surface area (Å²) in [6.45, 7) is 1.93. The van der Waals surface area contributed by atoms with E-state index in [0.29, 0.717) is 5.92 Å². The second kappa shape index (κ2) is 9.02. The number of halogens is 3. The lowest BCUT2D eigenvalue weighted by Crippen LogP contribution is -2.46. The molecule has 2 atom stereocenters. The van der Waals surface area contributed by atoms with Gasteiger partial charge in [0.05, 0.1) is 18.8 Å². The quantitative estimate of drug-likeness (QED) is 0.756. The lowest BCUT2D eigenvalue weighted by molar-refractivity contribution is -0.124. The van der Waals surface area contributed by atoms with Gasteiger partial charge in [0.1, 0.15) is 0 Å². The second-order valence-electron chi connectivity index (χ2n) is 6.88. The van der Waals surface area contributed by atoms with Crippen LogP contribution in [0.15, 0.2) is 12.1 Å². The summed E-state index contributed by atoms with van der Waals surface area (Å²) >= 11 is 0. The van der Waals surface area contributed by atoms with E-state index in [-0.39, 0.29) is 25.0 Å². The average Bonchev–Trinajstić information content (AvgIpc) is 2.57. The first-order valence-electron chi connectivity index (χ1n) is 8.69. The third kappa shape index (κ3) is 5.45. The number of carbonyl (C=O) groups excluding carboxylic acids is 2. The molecule has 1 fully saturated rings. The van der Waals surface area contributed by atoms with Gasteiger partial charge >= 0.3 is 0 Å². The van der Waals surface area contributed by atoms with Crippen LogP contribution >= 0.6 is 0 Å². The first-order chi connectivity index (χ1) is 12.3. The molecule has 2 rings (SSSR count). The normalized spacial score (nSPS) is 20.1. The Balaban J connectivity index is 1.81. The van der Waals surface area contributed by atoms with Crippen molar-refractivity contribution in [1.29, 1.82) is 0 Å². The van der Waals surface area contributed by atoms with Crippen molar-refractivity contribution in [3.05, 3.63) is 29.6 Å². The Kier molecular flexibility index (Phi) is 7.02. The largest absolute Gasteiger partial charge is 0.352 e. The Morgan fingerprint density at radius 1 is 1.08 bits per heavy atom. The number of nitrogens with zero attached hydrogens (tertiary/aromatic N) is 1. The number of hydrogen-bond acceptors (Lipinski definition) is 3. The highest BCUT2D eigenvalue weighted by Crippen LogP contribution is 2.23. The van der Waals surface area contributed by atoms with Gasteiger partial charge in [-0.3, -0.25) is 14.5 Å². The summed E-state index contributed by atoms with van der Waals surface area (Å²) in [5.74, 6) is -4.81. The summed E-state index contributed by atoms with van der Waals surface area (Å²) in [6, 6.07) is 1.83. The minimum atomic E-state index is -1.64. The maximum Gasteiger partial charge on any atom is 0.238 e. The number of nitrogens with one attached hydrogen (secondary N) is 2. The van der Waals surface area contributed by atoms with E-state index in [1.54, 1.807) is 7.05 Å². The molecule has 2 amide bonds. The zero-order valence-corrected chi connectivity index (χ0v) is 14.9. The third-order valence-corrected chi connectivity index (χ3v) is 4.59. The molecule has 0 unspecified atom stereocenters. The van der Waals surface area contributed by atoms with E-state index in [0.717, 1.165) is 31.4 Å². The van der Waals surface area contributed by atoms with Crippen molar-refractivity contribution >= 4 is 17.5 Å². The van der Waals surface area contributed by atoms with E-state index in [1.807, 2.05) is 0 Å². The summed E-state index contributed by atoms with van der Waals surface area (Å²) in [7, 11) is 1.57. The van der Waals surface area contributed by atoms with Crippen LogP contribution in [0.1, 0.15) is 32.6 Å². The standard InChI is InChI=1S/C18H24F3N3O2/c1-11-5-3-4-6-13(11)22-15(25)9-24(2)10-16(26)23-14-8-7-12(19)17(20)18(14)21/h7-8,11,13H,3-6,9-10H2,1-2H3,(H,22,25)(H,23,26)/t11-,13+/m1/s1. The number of anilines is 1. The molecular formula is C18H24F3N3O2. The number of hydrogen-bond donors (Lipinski definition) is 2. The van der Waals surface area contributed by atoms with Gasteiger partial charge in [0.2, 0.25) is 11.8 Å². The number of rotatable bonds is 6. The lowest BCUT2D eigenvalue weighted by atomic mass is 9.86. The molecule has 0 spiro atoms. The van der Waals surface area contributed by atoms with Crippen LogP contribution in [-0.4, -0.2) is 42.9 Å². The van der Waals surface area contributed by atoms with Gasteiger partial charge in [-0.15, -0.1) is 0 Å². The van der Waals surface area contributed by atoms with Gasteiger partial charge in [-0.2, -0.15) is 0 Å². The third-order valence-electron chi connectivity index (χ3n) is 4.59. The summed E-state index contributed by atoms with van der Waals surface area (Å²) < 4.78 is 39.6. The average molecular weight is 371 g/mol. The molecule has 26 heavy (non-hydrogen) atoms. The smallest absolute Gasteiger partial charge is 0.238 e. The molecule has 0 bridgehead atoms. The van der Waals surface area contributed by atoms with E-state index in [9.17, 15) is 22.8 Å². The van der Waals surface area contributed by atoms with Crippen molar-refractivity contribution < 1.29 is 22.8 Å². The highest BCUT2D eigenvalue weighted by atomic mass is 19.2. The SMILES string of the molecule is C[C@@H]1CCCC[C@@H]1NC(=O)CN(C)CC(=O)Nc1ccc(F)c(F)c1F. The van der Waals surface area contributed by atoms with Gasteiger partial charge in [-0.05, 0) is 37.9 Å². The van der Waals surface area contributed by atoms with Gasteiger partial charge in [0, 0.05) is 6.04 Å². The van der Waals surface area contributed by atoms with Crippen LogP contribution in [0.25, 0.3) is 0 Å². The fourth-order valence-electron chi connectivity index (χ4n) is 3.14. The van der Waals surface area contributed by atoms with Crippen LogP contribution in [0.5, 0.6) is 0 Å². The zero-order chi connectivity index (χ0) is 19.3. The number of benzene rings is 1. The second-order valence-corrected chi connectivity index (χ2v) is 6.88. The van der Waals surface area contributed by atoms with Gasteiger partial charge in [-0.25, -0.2) is 13.2 Å². The van der Waals surface area contributed by atoms with E-state index in [1.165, 1.54) is 11.3 Å². The minimum absolute atomic E-state index is 0.0108. The molecule has 1 aromatic rings. The summed E-state index contributed by atoms with van der Waals surface area (Å²) in [6.07, 6.45) is 4.30. The monoisotopic (exact) mass is 371 g/mol. The number of amides is 2.